The zero-order valence-corrected chi connectivity index (χ0v) is 11.7. The van der Waals surface area contributed by atoms with Crippen molar-refractivity contribution in [2.75, 3.05) is 6.54 Å². The number of aromatic amines is 1. The Morgan fingerprint density at radius 3 is 2.70 bits per heavy atom. The molecule has 1 aromatic rings. The fourth-order valence-electron chi connectivity index (χ4n) is 1.63. The number of amides is 1. The van der Waals surface area contributed by atoms with Gasteiger partial charge in [0.1, 0.15) is 0 Å². The third-order valence-corrected chi connectivity index (χ3v) is 4.34. The quantitative estimate of drug-likeness (QED) is 0.601. The molecule has 2 rings (SSSR count). The maximum atomic E-state index is 11.8. The summed E-state index contributed by atoms with van der Waals surface area (Å²) >= 11 is 0. The molecular weight excluding hydrogens is 282 g/mol. The van der Waals surface area contributed by atoms with Gasteiger partial charge < -0.3 is 10.3 Å². The van der Waals surface area contributed by atoms with Gasteiger partial charge >= 0.3 is 0 Å². The van der Waals surface area contributed by atoms with Crippen LogP contribution in [0.3, 0.4) is 0 Å². The van der Waals surface area contributed by atoms with E-state index in [1.165, 1.54) is 6.07 Å². The van der Waals surface area contributed by atoms with Crippen molar-refractivity contribution < 1.29 is 13.2 Å². The van der Waals surface area contributed by atoms with Crippen LogP contribution in [0.25, 0.3) is 0 Å². The lowest BCUT2D eigenvalue weighted by Crippen LogP contribution is -2.28. The molecule has 8 heteroatoms. The Kier molecular flexibility index (Phi) is 4.56. The summed E-state index contributed by atoms with van der Waals surface area (Å²) in [5.74, 6) is -0.0456. The van der Waals surface area contributed by atoms with Crippen molar-refractivity contribution in [3.63, 3.8) is 0 Å². The largest absolute Gasteiger partial charge is 0.353 e. The highest BCUT2D eigenvalue weighted by Crippen LogP contribution is 2.18. The molecule has 110 valence electrons. The number of nitrogens with one attached hydrogen (secondary N) is 3. The predicted octanol–water partition coefficient (Wildman–Crippen LogP) is -0.288. The number of sulfonamides is 1. The van der Waals surface area contributed by atoms with Gasteiger partial charge in [0.05, 0.1) is 4.90 Å². The molecule has 20 heavy (non-hydrogen) atoms. The van der Waals surface area contributed by atoms with Crippen LogP contribution in [0.1, 0.15) is 25.7 Å². The van der Waals surface area contributed by atoms with Gasteiger partial charge in [-0.2, -0.15) is 0 Å². The second kappa shape index (κ2) is 6.19. The van der Waals surface area contributed by atoms with E-state index < -0.39 is 10.0 Å². The fourth-order valence-corrected chi connectivity index (χ4v) is 2.67. The highest BCUT2D eigenvalue weighted by Gasteiger charge is 2.22. The molecule has 0 bridgehead atoms. The topological polar surface area (TPSA) is 108 Å². The van der Waals surface area contributed by atoms with E-state index in [1.54, 1.807) is 0 Å². The molecule has 1 amide bonds. The number of pyridine rings is 1. The second-order valence-electron chi connectivity index (χ2n) is 4.73. The number of aromatic nitrogens is 1. The lowest BCUT2D eigenvalue weighted by atomic mass is 10.3. The van der Waals surface area contributed by atoms with E-state index in [0.29, 0.717) is 18.9 Å². The minimum Gasteiger partial charge on any atom is -0.353 e. The van der Waals surface area contributed by atoms with Crippen LogP contribution in [-0.4, -0.2) is 31.9 Å². The Balaban J connectivity index is 1.75. The number of carbonyl (C=O) groups excluding carboxylic acids is 1. The molecule has 0 spiro atoms. The van der Waals surface area contributed by atoms with Gasteiger partial charge in [0.25, 0.3) is 0 Å². The van der Waals surface area contributed by atoms with Crippen LogP contribution >= 0.6 is 0 Å². The molecule has 3 N–H and O–H groups in total. The number of hydrogen-bond acceptors (Lipinski definition) is 4. The van der Waals surface area contributed by atoms with E-state index in [9.17, 15) is 18.0 Å². The Hall–Kier alpha value is -1.67. The molecule has 0 atom stereocenters. The van der Waals surface area contributed by atoms with Gasteiger partial charge in [0.2, 0.25) is 21.5 Å². The van der Waals surface area contributed by atoms with Gasteiger partial charge in [-0.05, 0) is 25.3 Å². The van der Waals surface area contributed by atoms with Gasteiger partial charge in [-0.3, -0.25) is 9.59 Å². The van der Waals surface area contributed by atoms with Crippen LogP contribution in [0.2, 0.25) is 0 Å². The molecule has 0 unspecified atom stereocenters. The highest BCUT2D eigenvalue weighted by molar-refractivity contribution is 7.89. The number of hydrogen-bond donors (Lipinski definition) is 3. The summed E-state index contributed by atoms with van der Waals surface area (Å²) in [5, 5.41) is 2.83. The zero-order valence-electron chi connectivity index (χ0n) is 10.9. The van der Waals surface area contributed by atoms with Crippen molar-refractivity contribution in [2.45, 2.75) is 36.6 Å². The van der Waals surface area contributed by atoms with Gasteiger partial charge in [0.15, 0.2) is 0 Å². The average Bonchev–Trinajstić information content (AvgIpc) is 3.19. The van der Waals surface area contributed by atoms with E-state index in [4.69, 9.17) is 0 Å². The predicted molar refractivity (Wildman–Crippen MR) is 72.6 cm³/mol. The van der Waals surface area contributed by atoms with E-state index in [2.05, 4.69) is 15.0 Å². The Labute approximate surface area is 116 Å². The molecule has 0 radical (unpaired) electrons. The summed E-state index contributed by atoms with van der Waals surface area (Å²) in [6, 6.07) is 2.71. The minimum atomic E-state index is -3.64. The molecule has 0 saturated heterocycles. The third-order valence-electron chi connectivity index (χ3n) is 2.88. The summed E-state index contributed by atoms with van der Waals surface area (Å²) in [5.41, 5.74) is -0.360. The summed E-state index contributed by atoms with van der Waals surface area (Å²) in [6.07, 6.45) is 3.94. The number of H-pyrrole nitrogens is 1. The van der Waals surface area contributed by atoms with E-state index >= 15 is 0 Å². The van der Waals surface area contributed by atoms with E-state index in [0.717, 1.165) is 25.1 Å². The Morgan fingerprint density at radius 2 is 2.10 bits per heavy atom. The molecule has 0 aromatic carbocycles. The van der Waals surface area contributed by atoms with Crippen molar-refractivity contribution in [1.29, 1.82) is 0 Å². The van der Waals surface area contributed by atoms with Crippen LogP contribution in [-0.2, 0) is 14.8 Å². The lowest BCUT2D eigenvalue weighted by Gasteiger charge is -2.06. The first kappa shape index (κ1) is 14.7. The monoisotopic (exact) mass is 299 g/mol. The summed E-state index contributed by atoms with van der Waals surface area (Å²) in [4.78, 5) is 24.6. The van der Waals surface area contributed by atoms with Crippen molar-refractivity contribution in [3.8, 4) is 0 Å². The smallest absolute Gasteiger partial charge is 0.247 e. The van der Waals surface area contributed by atoms with Crippen LogP contribution in [0.15, 0.2) is 28.0 Å². The Bertz CT molecular complexity index is 614. The molecule has 1 saturated carbocycles. The molecule has 0 aliphatic heterocycles. The van der Waals surface area contributed by atoms with E-state index in [1.807, 2.05) is 0 Å². The summed E-state index contributed by atoms with van der Waals surface area (Å²) in [7, 11) is -3.64. The second-order valence-corrected chi connectivity index (χ2v) is 6.50. The minimum absolute atomic E-state index is 0.000433. The maximum Gasteiger partial charge on any atom is 0.247 e. The first-order valence-electron chi connectivity index (χ1n) is 6.45. The van der Waals surface area contributed by atoms with Crippen LogP contribution in [0.5, 0.6) is 0 Å². The standard InChI is InChI=1S/C12H17N3O4S/c16-11-6-5-10(8-13-11)20(18,19)14-7-1-2-12(17)15-9-3-4-9/h5-6,8-9,14H,1-4,7H2,(H,13,16)(H,15,17). The van der Waals surface area contributed by atoms with Gasteiger partial charge in [0, 0.05) is 31.3 Å². The molecule has 1 aliphatic rings. The zero-order chi connectivity index (χ0) is 14.6. The third kappa shape index (κ3) is 4.46. The van der Waals surface area contributed by atoms with Crippen molar-refractivity contribution in [2.24, 2.45) is 0 Å². The Morgan fingerprint density at radius 1 is 1.35 bits per heavy atom. The van der Waals surface area contributed by atoms with Gasteiger partial charge in [-0.1, -0.05) is 0 Å². The highest BCUT2D eigenvalue weighted by atomic mass is 32.2. The first-order chi connectivity index (χ1) is 9.47. The molecule has 1 fully saturated rings. The summed E-state index contributed by atoms with van der Waals surface area (Å²) in [6.45, 7) is 0.180. The SMILES string of the molecule is O=C(CCCNS(=O)(=O)c1ccc(=O)[nH]c1)NC1CC1. The van der Waals surface area contributed by atoms with Crippen LogP contribution in [0, 0.1) is 0 Å². The molecular formula is C12H17N3O4S. The average molecular weight is 299 g/mol. The fraction of sp³-hybridized carbons (Fsp3) is 0.500. The normalized spacial score (nSPS) is 15.0. The lowest BCUT2D eigenvalue weighted by molar-refractivity contribution is -0.121. The van der Waals surface area contributed by atoms with Crippen LogP contribution < -0.4 is 15.6 Å². The molecule has 1 heterocycles. The number of rotatable bonds is 7. The van der Waals surface area contributed by atoms with Crippen molar-refractivity contribution in [1.82, 2.24) is 15.0 Å². The van der Waals surface area contributed by atoms with Crippen LogP contribution in [0.4, 0.5) is 0 Å². The van der Waals surface area contributed by atoms with Gasteiger partial charge in [-0.15, -0.1) is 0 Å². The maximum absolute atomic E-state index is 11.8. The molecule has 7 nitrogen and oxygen atoms in total. The number of carbonyl (C=O) groups is 1. The molecule has 1 aliphatic carbocycles. The van der Waals surface area contributed by atoms with Crippen molar-refractivity contribution in [3.05, 3.63) is 28.7 Å². The van der Waals surface area contributed by atoms with Gasteiger partial charge in [-0.25, -0.2) is 13.1 Å². The first-order valence-corrected chi connectivity index (χ1v) is 7.93. The molecule has 1 aromatic heterocycles. The van der Waals surface area contributed by atoms with Crippen molar-refractivity contribution >= 4 is 15.9 Å². The summed E-state index contributed by atoms with van der Waals surface area (Å²) < 4.78 is 26.1. The van der Waals surface area contributed by atoms with E-state index in [-0.39, 0.29) is 22.9 Å².